The lowest BCUT2D eigenvalue weighted by Gasteiger charge is -2.00. The maximum atomic E-state index is 11.9. The number of benzene rings is 1. The molecule has 0 fully saturated rings. The summed E-state index contributed by atoms with van der Waals surface area (Å²) in [6.45, 7) is 0. The Labute approximate surface area is 86.4 Å². The summed E-state index contributed by atoms with van der Waals surface area (Å²) in [7, 11) is -3.61. The molecule has 2 N–H and O–H groups in total. The molecule has 2 rings (SSSR count). The first-order chi connectivity index (χ1) is 7.12. The van der Waals surface area contributed by atoms with Crippen LogP contribution >= 0.6 is 0 Å². The van der Waals surface area contributed by atoms with Gasteiger partial charge in [-0.15, -0.1) is 0 Å². The van der Waals surface area contributed by atoms with Gasteiger partial charge in [-0.2, -0.15) is 0 Å². The van der Waals surface area contributed by atoms with Crippen LogP contribution < -0.4 is 5.73 Å². The maximum absolute atomic E-state index is 11.9. The average molecular weight is 224 g/mol. The van der Waals surface area contributed by atoms with Crippen LogP contribution in [-0.2, 0) is 9.84 Å². The molecule has 0 atom stereocenters. The van der Waals surface area contributed by atoms with Crippen LogP contribution in [0.2, 0.25) is 0 Å². The zero-order valence-corrected chi connectivity index (χ0v) is 8.44. The van der Waals surface area contributed by atoms with Crippen LogP contribution in [0.15, 0.2) is 50.8 Å². The van der Waals surface area contributed by atoms with Gasteiger partial charge in [-0.1, -0.05) is 23.4 Å². The Morgan fingerprint density at radius 2 is 1.87 bits per heavy atom. The second-order valence-corrected chi connectivity index (χ2v) is 4.79. The number of sulfone groups is 1. The van der Waals surface area contributed by atoms with E-state index in [2.05, 4.69) is 9.68 Å². The highest BCUT2D eigenvalue weighted by molar-refractivity contribution is 7.91. The molecule has 0 bridgehead atoms. The van der Waals surface area contributed by atoms with E-state index < -0.39 is 9.84 Å². The van der Waals surface area contributed by atoms with E-state index in [0.717, 1.165) is 6.20 Å². The lowest BCUT2D eigenvalue weighted by atomic mass is 10.4. The predicted molar refractivity (Wildman–Crippen MR) is 52.8 cm³/mol. The average Bonchev–Trinajstić information content (AvgIpc) is 2.66. The van der Waals surface area contributed by atoms with Gasteiger partial charge in [0.15, 0.2) is 4.90 Å². The van der Waals surface area contributed by atoms with Gasteiger partial charge in [-0.25, -0.2) is 8.42 Å². The number of nitrogens with zero attached hydrogens (tertiary/aromatic N) is 1. The van der Waals surface area contributed by atoms with Crippen LogP contribution in [0.5, 0.6) is 0 Å². The molecule has 15 heavy (non-hydrogen) atoms. The summed E-state index contributed by atoms with van der Waals surface area (Å²) in [5, 5.41) is 3.33. The topological polar surface area (TPSA) is 86.2 Å². The third-order valence-corrected chi connectivity index (χ3v) is 3.69. The van der Waals surface area contributed by atoms with Crippen LogP contribution in [0.3, 0.4) is 0 Å². The Bertz CT molecular complexity index is 560. The van der Waals surface area contributed by atoms with Gasteiger partial charge in [0.05, 0.1) is 11.1 Å². The molecular weight excluding hydrogens is 216 g/mol. The van der Waals surface area contributed by atoms with E-state index in [-0.39, 0.29) is 15.7 Å². The van der Waals surface area contributed by atoms with E-state index in [9.17, 15) is 8.42 Å². The lowest BCUT2D eigenvalue weighted by Crippen LogP contribution is -2.02. The Balaban J connectivity index is 2.60. The van der Waals surface area contributed by atoms with Crippen LogP contribution in [0.4, 0.5) is 5.88 Å². The van der Waals surface area contributed by atoms with Crippen molar-refractivity contribution in [2.24, 2.45) is 0 Å². The molecule has 0 aliphatic carbocycles. The van der Waals surface area contributed by atoms with E-state index >= 15 is 0 Å². The van der Waals surface area contributed by atoms with Gasteiger partial charge in [0.2, 0.25) is 15.7 Å². The van der Waals surface area contributed by atoms with Crippen molar-refractivity contribution in [1.29, 1.82) is 0 Å². The van der Waals surface area contributed by atoms with Crippen LogP contribution in [0.25, 0.3) is 0 Å². The second kappa shape index (κ2) is 3.39. The molecule has 0 aliphatic heterocycles. The molecule has 5 nitrogen and oxygen atoms in total. The van der Waals surface area contributed by atoms with Gasteiger partial charge in [-0.05, 0) is 12.1 Å². The zero-order valence-electron chi connectivity index (χ0n) is 7.62. The molecule has 1 heterocycles. The van der Waals surface area contributed by atoms with E-state index in [0.29, 0.717) is 0 Å². The fraction of sp³-hybridized carbons (Fsp3) is 0. The predicted octanol–water partition coefficient (Wildman–Crippen LogP) is 1.09. The first kappa shape index (κ1) is 9.72. The van der Waals surface area contributed by atoms with Gasteiger partial charge in [0, 0.05) is 0 Å². The molecule has 6 heteroatoms. The SMILES string of the molecule is Nc1oncc1S(=O)(=O)c1ccccc1. The minimum atomic E-state index is -3.61. The summed E-state index contributed by atoms with van der Waals surface area (Å²) < 4.78 is 28.4. The van der Waals surface area contributed by atoms with Crippen molar-refractivity contribution in [3.63, 3.8) is 0 Å². The number of nitrogen functional groups attached to an aromatic ring is 1. The lowest BCUT2D eigenvalue weighted by molar-refractivity contribution is 0.435. The summed E-state index contributed by atoms with van der Waals surface area (Å²) in [4.78, 5) is 0.0635. The molecule has 1 aromatic heterocycles. The van der Waals surface area contributed by atoms with Crippen molar-refractivity contribution in [3.05, 3.63) is 36.5 Å². The first-order valence-corrected chi connectivity index (χ1v) is 5.61. The molecule has 0 aliphatic rings. The molecule has 0 amide bonds. The third-order valence-electron chi connectivity index (χ3n) is 1.91. The van der Waals surface area contributed by atoms with Gasteiger partial charge in [-0.3, -0.25) is 0 Å². The molecule has 78 valence electrons. The van der Waals surface area contributed by atoms with Gasteiger partial charge >= 0.3 is 0 Å². The smallest absolute Gasteiger partial charge is 0.241 e. The van der Waals surface area contributed by atoms with Crippen molar-refractivity contribution < 1.29 is 12.9 Å². The van der Waals surface area contributed by atoms with E-state index in [1.807, 2.05) is 0 Å². The van der Waals surface area contributed by atoms with Crippen molar-refractivity contribution in [2.45, 2.75) is 9.79 Å². The van der Waals surface area contributed by atoms with Crippen LogP contribution in [-0.4, -0.2) is 13.6 Å². The Hall–Kier alpha value is -1.82. The highest BCUT2D eigenvalue weighted by Gasteiger charge is 2.23. The van der Waals surface area contributed by atoms with Crippen molar-refractivity contribution in [1.82, 2.24) is 5.16 Å². The van der Waals surface area contributed by atoms with Crippen LogP contribution in [0.1, 0.15) is 0 Å². The highest BCUT2D eigenvalue weighted by Crippen LogP contribution is 2.24. The first-order valence-electron chi connectivity index (χ1n) is 4.12. The molecule has 0 spiro atoms. The summed E-state index contributed by atoms with van der Waals surface area (Å²) in [5.41, 5.74) is 5.36. The largest absolute Gasteiger partial charge is 0.366 e. The van der Waals surface area contributed by atoms with Gasteiger partial charge in [0.25, 0.3) is 0 Å². The zero-order chi connectivity index (χ0) is 10.9. The molecule has 2 aromatic rings. The standard InChI is InChI=1S/C9H8N2O3S/c10-9-8(6-11-14-9)15(12,13)7-4-2-1-3-5-7/h1-6H,10H2. The quantitative estimate of drug-likeness (QED) is 0.825. The summed E-state index contributed by atoms with van der Waals surface area (Å²) >= 11 is 0. The maximum Gasteiger partial charge on any atom is 0.241 e. The Morgan fingerprint density at radius 1 is 1.20 bits per heavy atom. The molecule has 0 unspecified atom stereocenters. The number of hydrogen-bond donors (Lipinski definition) is 1. The van der Waals surface area contributed by atoms with E-state index in [1.54, 1.807) is 18.2 Å². The molecule has 1 aromatic carbocycles. The number of anilines is 1. The number of rotatable bonds is 2. The minimum Gasteiger partial charge on any atom is -0.366 e. The van der Waals surface area contributed by atoms with Crippen LogP contribution in [0, 0.1) is 0 Å². The monoisotopic (exact) mass is 224 g/mol. The molecule has 0 saturated heterocycles. The molecular formula is C9H8N2O3S. The van der Waals surface area contributed by atoms with Crippen molar-refractivity contribution in [3.8, 4) is 0 Å². The normalized spacial score (nSPS) is 11.5. The summed E-state index contributed by atoms with van der Waals surface area (Å²) in [6.07, 6.45) is 1.09. The highest BCUT2D eigenvalue weighted by atomic mass is 32.2. The fourth-order valence-electron chi connectivity index (χ4n) is 1.17. The van der Waals surface area contributed by atoms with Crippen molar-refractivity contribution >= 4 is 15.7 Å². The second-order valence-electron chi connectivity index (χ2n) is 2.87. The minimum absolute atomic E-state index is 0.103. The van der Waals surface area contributed by atoms with E-state index in [4.69, 9.17) is 5.73 Å². The Morgan fingerprint density at radius 3 is 2.40 bits per heavy atom. The fourth-order valence-corrected chi connectivity index (χ4v) is 2.42. The number of aromatic nitrogens is 1. The molecule has 0 saturated carbocycles. The number of nitrogens with two attached hydrogens (primary N) is 1. The van der Waals surface area contributed by atoms with Gasteiger partial charge in [0.1, 0.15) is 0 Å². The third kappa shape index (κ3) is 1.59. The summed E-state index contributed by atoms with van der Waals surface area (Å²) in [6, 6.07) is 7.98. The Kier molecular flexibility index (Phi) is 2.20. The molecule has 0 radical (unpaired) electrons. The van der Waals surface area contributed by atoms with E-state index in [1.165, 1.54) is 12.1 Å². The van der Waals surface area contributed by atoms with Crippen molar-refractivity contribution in [2.75, 3.05) is 5.73 Å². The number of hydrogen-bond acceptors (Lipinski definition) is 5. The van der Waals surface area contributed by atoms with Gasteiger partial charge < -0.3 is 10.3 Å². The summed E-state index contributed by atoms with van der Waals surface area (Å²) in [5.74, 6) is -0.196.